The van der Waals surface area contributed by atoms with Gasteiger partial charge in [-0.1, -0.05) is 39.3 Å². The Kier molecular flexibility index (Phi) is 7.00. The van der Waals surface area contributed by atoms with Crippen LogP contribution in [0.25, 0.3) is 0 Å². The fourth-order valence-corrected chi connectivity index (χ4v) is 2.83. The maximum atomic E-state index is 12.2. The average Bonchev–Trinajstić information content (AvgIpc) is 2.60. The molecule has 0 radical (unpaired) electrons. The van der Waals surface area contributed by atoms with Gasteiger partial charge in [-0.05, 0) is 43.6 Å². The molecule has 1 aromatic carbocycles. The summed E-state index contributed by atoms with van der Waals surface area (Å²) in [5.74, 6) is -0.0191. The molecule has 0 bridgehead atoms. The van der Waals surface area contributed by atoms with E-state index in [1.165, 1.54) is 19.3 Å². The predicted octanol–water partition coefficient (Wildman–Crippen LogP) is 2.56. The highest BCUT2D eigenvalue weighted by atomic mass is 16.2. The van der Waals surface area contributed by atoms with Crippen molar-refractivity contribution in [1.29, 1.82) is 0 Å². The van der Waals surface area contributed by atoms with Crippen LogP contribution in [0.5, 0.6) is 0 Å². The SMILES string of the molecule is CC(C)(C)C(=O)NCc1ccc(C(=O)NCCN2CCCCC2)cc1. The van der Waals surface area contributed by atoms with Crippen molar-refractivity contribution in [3.63, 3.8) is 0 Å². The van der Waals surface area contributed by atoms with E-state index in [1.807, 2.05) is 45.0 Å². The average molecular weight is 345 g/mol. The van der Waals surface area contributed by atoms with E-state index in [1.54, 1.807) is 0 Å². The number of likely N-dealkylation sites (tertiary alicyclic amines) is 1. The number of nitrogens with one attached hydrogen (secondary N) is 2. The summed E-state index contributed by atoms with van der Waals surface area (Å²) in [6.45, 7) is 10.0. The van der Waals surface area contributed by atoms with Crippen LogP contribution < -0.4 is 10.6 Å². The summed E-state index contributed by atoms with van der Waals surface area (Å²) < 4.78 is 0. The molecule has 2 amide bonds. The van der Waals surface area contributed by atoms with E-state index in [4.69, 9.17) is 0 Å². The number of nitrogens with zero attached hydrogens (tertiary/aromatic N) is 1. The number of carbonyl (C=O) groups excluding carboxylic acids is 2. The molecule has 0 spiro atoms. The van der Waals surface area contributed by atoms with Gasteiger partial charge < -0.3 is 15.5 Å². The van der Waals surface area contributed by atoms with Crippen molar-refractivity contribution >= 4 is 11.8 Å². The fraction of sp³-hybridized carbons (Fsp3) is 0.600. The summed E-state index contributed by atoms with van der Waals surface area (Å²) >= 11 is 0. The summed E-state index contributed by atoms with van der Waals surface area (Å²) in [5.41, 5.74) is 1.25. The lowest BCUT2D eigenvalue weighted by molar-refractivity contribution is -0.128. The molecule has 1 fully saturated rings. The van der Waals surface area contributed by atoms with Gasteiger partial charge >= 0.3 is 0 Å². The standard InChI is InChI=1S/C20H31N3O2/c1-20(2,3)19(25)22-15-16-7-9-17(10-8-16)18(24)21-11-14-23-12-5-4-6-13-23/h7-10H,4-6,11-15H2,1-3H3,(H,21,24)(H,22,25). The molecule has 1 heterocycles. The number of hydrogen-bond donors (Lipinski definition) is 2. The normalized spacial score (nSPS) is 15.6. The molecule has 0 saturated carbocycles. The van der Waals surface area contributed by atoms with Gasteiger partial charge in [-0.15, -0.1) is 0 Å². The number of carbonyl (C=O) groups is 2. The van der Waals surface area contributed by atoms with Gasteiger partial charge in [-0.25, -0.2) is 0 Å². The Morgan fingerprint density at radius 2 is 1.64 bits per heavy atom. The second-order valence-corrected chi connectivity index (χ2v) is 7.79. The molecule has 0 unspecified atom stereocenters. The lowest BCUT2D eigenvalue weighted by atomic mass is 9.95. The minimum Gasteiger partial charge on any atom is -0.352 e. The van der Waals surface area contributed by atoms with Crippen LogP contribution in [-0.2, 0) is 11.3 Å². The molecule has 25 heavy (non-hydrogen) atoms. The maximum Gasteiger partial charge on any atom is 0.251 e. The molecule has 0 atom stereocenters. The van der Waals surface area contributed by atoms with Crippen molar-refractivity contribution in [2.24, 2.45) is 5.41 Å². The van der Waals surface area contributed by atoms with E-state index in [9.17, 15) is 9.59 Å². The van der Waals surface area contributed by atoms with Gasteiger partial charge in [0.2, 0.25) is 5.91 Å². The van der Waals surface area contributed by atoms with Gasteiger partial charge in [0.1, 0.15) is 0 Å². The minimum absolute atomic E-state index is 0.0204. The summed E-state index contributed by atoms with van der Waals surface area (Å²) in [4.78, 5) is 26.5. The lowest BCUT2D eigenvalue weighted by Crippen LogP contribution is -2.37. The second kappa shape index (κ2) is 8.99. The number of amides is 2. The first-order chi connectivity index (χ1) is 11.9. The highest BCUT2D eigenvalue weighted by Gasteiger charge is 2.20. The van der Waals surface area contributed by atoms with E-state index < -0.39 is 5.41 Å². The fourth-order valence-electron chi connectivity index (χ4n) is 2.83. The van der Waals surface area contributed by atoms with Crippen molar-refractivity contribution in [3.8, 4) is 0 Å². The molecule has 2 rings (SSSR count). The number of hydrogen-bond acceptors (Lipinski definition) is 3. The van der Waals surface area contributed by atoms with Crippen LogP contribution in [0.2, 0.25) is 0 Å². The Balaban J connectivity index is 1.74. The topological polar surface area (TPSA) is 61.4 Å². The number of benzene rings is 1. The smallest absolute Gasteiger partial charge is 0.251 e. The van der Waals surface area contributed by atoms with Gasteiger partial charge in [0, 0.05) is 30.6 Å². The van der Waals surface area contributed by atoms with Crippen LogP contribution in [-0.4, -0.2) is 42.9 Å². The van der Waals surface area contributed by atoms with E-state index in [-0.39, 0.29) is 11.8 Å². The Labute approximate surface area is 151 Å². The molecule has 138 valence electrons. The molecule has 0 aromatic heterocycles. The highest BCUT2D eigenvalue weighted by Crippen LogP contribution is 2.13. The van der Waals surface area contributed by atoms with Gasteiger partial charge in [-0.2, -0.15) is 0 Å². The van der Waals surface area contributed by atoms with Crippen molar-refractivity contribution in [2.45, 2.75) is 46.6 Å². The Bertz CT molecular complexity index is 570. The Hall–Kier alpha value is -1.88. The molecule has 1 saturated heterocycles. The second-order valence-electron chi connectivity index (χ2n) is 7.79. The lowest BCUT2D eigenvalue weighted by Gasteiger charge is -2.26. The first-order valence-electron chi connectivity index (χ1n) is 9.24. The van der Waals surface area contributed by atoms with E-state index >= 15 is 0 Å². The van der Waals surface area contributed by atoms with Crippen LogP contribution in [0, 0.1) is 5.41 Å². The summed E-state index contributed by atoms with van der Waals surface area (Å²) in [7, 11) is 0. The van der Waals surface area contributed by atoms with E-state index in [0.717, 1.165) is 25.2 Å². The number of piperidine rings is 1. The first-order valence-corrected chi connectivity index (χ1v) is 9.24. The van der Waals surface area contributed by atoms with E-state index in [0.29, 0.717) is 18.7 Å². The van der Waals surface area contributed by atoms with Crippen LogP contribution in [0.1, 0.15) is 56.0 Å². The summed E-state index contributed by atoms with van der Waals surface area (Å²) in [6.07, 6.45) is 3.85. The maximum absolute atomic E-state index is 12.2. The van der Waals surface area contributed by atoms with Crippen molar-refractivity contribution in [2.75, 3.05) is 26.2 Å². The zero-order chi connectivity index (χ0) is 18.3. The molecule has 1 aliphatic heterocycles. The molecule has 1 aromatic rings. The largest absolute Gasteiger partial charge is 0.352 e. The molecule has 5 nitrogen and oxygen atoms in total. The van der Waals surface area contributed by atoms with Crippen LogP contribution >= 0.6 is 0 Å². The van der Waals surface area contributed by atoms with Crippen LogP contribution in [0.4, 0.5) is 0 Å². The Morgan fingerprint density at radius 1 is 1.00 bits per heavy atom. The third-order valence-electron chi connectivity index (χ3n) is 4.51. The third kappa shape index (κ3) is 6.50. The zero-order valence-corrected chi connectivity index (χ0v) is 15.7. The van der Waals surface area contributed by atoms with Gasteiger partial charge in [-0.3, -0.25) is 9.59 Å². The molecule has 5 heteroatoms. The summed E-state index contributed by atoms with van der Waals surface area (Å²) in [6, 6.07) is 7.41. The predicted molar refractivity (Wildman–Crippen MR) is 100 cm³/mol. The van der Waals surface area contributed by atoms with E-state index in [2.05, 4.69) is 15.5 Å². The van der Waals surface area contributed by atoms with Gasteiger partial charge in [0.05, 0.1) is 0 Å². The molecule has 0 aliphatic carbocycles. The van der Waals surface area contributed by atoms with Crippen LogP contribution in [0.3, 0.4) is 0 Å². The van der Waals surface area contributed by atoms with Crippen LogP contribution in [0.15, 0.2) is 24.3 Å². The molecular weight excluding hydrogens is 314 g/mol. The highest BCUT2D eigenvalue weighted by molar-refractivity contribution is 5.94. The first kappa shape index (κ1) is 19.4. The monoisotopic (exact) mass is 345 g/mol. The quantitative estimate of drug-likeness (QED) is 0.833. The third-order valence-corrected chi connectivity index (χ3v) is 4.51. The number of rotatable bonds is 6. The van der Waals surface area contributed by atoms with Crippen molar-refractivity contribution < 1.29 is 9.59 Å². The molecule has 2 N–H and O–H groups in total. The van der Waals surface area contributed by atoms with Gasteiger partial charge in [0.15, 0.2) is 0 Å². The minimum atomic E-state index is -0.395. The van der Waals surface area contributed by atoms with Crippen molar-refractivity contribution in [1.82, 2.24) is 15.5 Å². The molecule has 1 aliphatic rings. The van der Waals surface area contributed by atoms with Gasteiger partial charge in [0.25, 0.3) is 5.91 Å². The molecular formula is C20H31N3O2. The zero-order valence-electron chi connectivity index (χ0n) is 15.7. The Morgan fingerprint density at radius 3 is 2.24 bits per heavy atom. The van der Waals surface area contributed by atoms with Crippen molar-refractivity contribution in [3.05, 3.63) is 35.4 Å². The summed E-state index contributed by atoms with van der Waals surface area (Å²) in [5, 5.41) is 5.90.